The first kappa shape index (κ1) is 21.6. The van der Waals surface area contributed by atoms with Gasteiger partial charge < -0.3 is 14.3 Å². The van der Waals surface area contributed by atoms with E-state index >= 15 is 0 Å². The molecule has 0 radical (unpaired) electrons. The number of thioether (sulfide) groups is 1. The van der Waals surface area contributed by atoms with Crippen LogP contribution in [-0.2, 0) is 18.7 Å². The number of aromatic nitrogens is 4. The molecule has 6 rings (SSSR count). The van der Waals surface area contributed by atoms with Crippen molar-refractivity contribution in [3.8, 4) is 11.3 Å². The van der Waals surface area contributed by atoms with E-state index in [0.717, 1.165) is 41.0 Å². The topological polar surface area (TPSA) is 85.8 Å². The highest BCUT2D eigenvalue weighted by molar-refractivity contribution is 7.98. The minimum atomic E-state index is -0.285. The van der Waals surface area contributed by atoms with Crippen molar-refractivity contribution in [1.29, 1.82) is 0 Å². The van der Waals surface area contributed by atoms with Gasteiger partial charge in [0.05, 0.1) is 5.69 Å². The van der Waals surface area contributed by atoms with Gasteiger partial charge in [-0.25, -0.2) is 15.0 Å². The number of amides is 1. The van der Waals surface area contributed by atoms with Gasteiger partial charge in [-0.1, -0.05) is 42.1 Å². The zero-order chi connectivity index (χ0) is 23.6. The molecule has 0 fully saturated rings. The Kier molecular flexibility index (Phi) is 5.79. The lowest BCUT2D eigenvalue weighted by Gasteiger charge is -2.11. The first-order valence-corrected chi connectivity index (χ1v) is 12.6. The Hall–Kier alpha value is -3.91. The molecule has 1 N–H and O–H groups in total. The molecule has 7 nitrogen and oxygen atoms in total. The molecule has 0 spiro atoms. The van der Waals surface area contributed by atoms with Crippen LogP contribution in [0.15, 0.2) is 82.8 Å². The number of carbonyl (C=O) groups is 1. The van der Waals surface area contributed by atoms with E-state index in [1.165, 1.54) is 24.6 Å². The summed E-state index contributed by atoms with van der Waals surface area (Å²) in [6.45, 7) is 1.01. The number of benzene rings is 2. The minimum Gasteiger partial charge on any atom is -0.451 e. The molecule has 0 bridgehead atoms. The number of fused-ring (bicyclic) bond motifs is 2. The van der Waals surface area contributed by atoms with Crippen LogP contribution in [0.3, 0.4) is 0 Å². The molecule has 0 aliphatic carbocycles. The average molecular weight is 482 g/mol. The Morgan fingerprint density at radius 2 is 1.94 bits per heavy atom. The molecule has 3 aromatic heterocycles. The maximum absolute atomic E-state index is 13.4. The van der Waals surface area contributed by atoms with Crippen LogP contribution in [0.25, 0.3) is 22.2 Å². The van der Waals surface area contributed by atoms with Gasteiger partial charge in [0.2, 0.25) is 0 Å². The predicted octanol–water partition coefficient (Wildman–Crippen LogP) is 5.97. The molecule has 0 unspecified atom stereocenters. The number of nitrogens with zero attached hydrogens (tertiary/aromatic N) is 4. The van der Waals surface area contributed by atoms with Gasteiger partial charge in [-0.05, 0) is 37.1 Å². The van der Waals surface area contributed by atoms with E-state index in [1.54, 1.807) is 18.5 Å². The first-order chi connectivity index (χ1) is 17.2. The maximum Gasteiger partial charge on any atom is 0.291 e. The number of para-hydroxylation sites is 1. The van der Waals surface area contributed by atoms with Gasteiger partial charge in [0.1, 0.15) is 11.4 Å². The third-order valence-electron chi connectivity index (χ3n) is 6.12. The van der Waals surface area contributed by atoms with E-state index in [9.17, 15) is 4.79 Å². The van der Waals surface area contributed by atoms with Crippen LogP contribution in [0.2, 0.25) is 0 Å². The Morgan fingerprint density at radius 1 is 1.06 bits per heavy atom. The number of carbonyl (C=O) groups excluding carboxylic acids is 1. The second kappa shape index (κ2) is 9.38. The van der Waals surface area contributed by atoms with Gasteiger partial charge >= 0.3 is 0 Å². The second-order valence-electron chi connectivity index (χ2n) is 8.45. The molecule has 0 atom stereocenters. The fourth-order valence-electron chi connectivity index (χ4n) is 4.42. The standard InChI is InChI=1S/C27H23N5O2S/c33-26(30-19-8-5-7-18(15-19)22-16-32-14-4-3-11-24(32)31-22)25-21(17-35-27-28-12-6-13-29-27)20-9-1-2-10-23(20)34-25/h1-2,5-10,12-13,15-16H,3-4,11,14,17H2,(H,30,33). The van der Waals surface area contributed by atoms with Gasteiger partial charge in [0.15, 0.2) is 10.9 Å². The van der Waals surface area contributed by atoms with Gasteiger partial charge in [0.25, 0.3) is 5.91 Å². The fourth-order valence-corrected chi connectivity index (χ4v) is 5.25. The monoisotopic (exact) mass is 481 g/mol. The van der Waals surface area contributed by atoms with E-state index in [0.29, 0.717) is 27.9 Å². The molecule has 174 valence electrons. The number of hydrogen-bond donors (Lipinski definition) is 1. The highest BCUT2D eigenvalue weighted by atomic mass is 32.2. The molecule has 35 heavy (non-hydrogen) atoms. The second-order valence-corrected chi connectivity index (χ2v) is 9.40. The van der Waals surface area contributed by atoms with Crippen LogP contribution in [0.1, 0.15) is 34.8 Å². The highest BCUT2D eigenvalue weighted by Crippen LogP contribution is 2.32. The van der Waals surface area contributed by atoms with Crippen LogP contribution in [0, 0.1) is 0 Å². The molecule has 1 aliphatic heterocycles. The molecule has 4 heterocycles. The maximum atomic E-state index is 13.4. The van der Waals surface area contributed by atoms with Crippen LogP contribution >= 0.6 is 11.8 Å². The molecule has 1 aliphatic rings. The van der Waals surface area contributed by atoms with Crippen molar-refractivity contribution >= 4 is 34.3 Å². The van der Waals surface area contributed by atoms with Gasteiger partial charge in [-0.3, -0.25) is 4.79 Å². The predicted molar refractivity (Wildman–Crippen MR) is 136 cm³/mol. The van der Waals surface area contributed by atoms with Gasteiger partial charge in [0, 0.05) is 59.5 Å². The van der Waals surface area contributed by atoms with Crippen molar-refractivity contribution in [2.75, 3.05) is 5.32 Å². The summed E-state index contributed by atoms with van der Waals surface area (Å²) in [6, 6.07) is 17.3. The SMILES string of the molecule is O=C(Nc1cccc(-c2cn3c(n2)CCCC3)c1)c1oc2ccccc2c1CSc1ncccn1. The summed E-state index contributed by atoms with van der Waals surface area (Å²) < 4.78 is 8.24. The number of furan rings is 1. The summed E-state index contributed by atoms with van der Waals surface area (Å²) >= 11 is 1.47. The third kappa shape index (κ3) is 4.44. The molecule has 2 aromatic carbocycles. The summed E-state index contributed by atoms with van der Waals surface area (Å²) in [4.78, 5) is 26.7. The number of imidazole rings is 1. The normalized spacial score (nSPS) is 13.0. The Balaban J connectivity index is 1.27. The number of nitrogens with one attached hydrogen (secondary N) is 1. The smallest absolute Gasteiger partial charge is 0.291 e. The van der Waals surface area contributed by atoms with Crippen LogP contribution in [0.4, 0.5) is 5.69 Å². The zero-order valence-corrected chi connectivity index (χ0v) is 19.8. The average Bonchev–Trinajstić information content (AvgIpc) is 3.50. The molecule has 8 heteroatoms. The van der Waals surface area contributed by atoms with Crippen molar-refractivity contribution in [1.82, 2.24) is 19.5 Å². The summed E-state index contributed by atoms with van der Waals surface area (Å²) in [7, 11) is 0. The van der Waals surface area contributed by atoms with Crippen LogP contribution in [-0.4, -0.2) is 25.4 Å². The zero-order valence-electron chi connectivity index (χ0n) is 19.0. The fraction of sp³-hybridized carbons (Fsp3) is 0.185. The van der Waals surface area contributed by atoms with E-state index in [-0.39, 0.29) is 5.91 Å². The lowest BCUT2D eigenvalue weighted by molar-refractivity contribution is 0.0998. The third-order valence-corrected chi connectivity index (χ3v) is 7.02. The van der Waals surface area contributed by atoms with Crippen molar-refractivity contribution in [2.24, 2.45) is 0 Å². The highest BCUT2D eigenvalue weighted by Gasteiger charge is 2.21. The number of aryl methyl sites for hydroxylation is 2. The molecular formula is C27H23N5O2S. The summed E-state index contributed by atoms with van der Waals surface area (Å²) in [5.41, 5.74) is 4.12. The Bertz CT molecular complexity index is 1490. The molecule has 0 saturated carbocycles. The molecule has 1 amide bonds. The molecule has 0 saturated heterocycles. The molecule has 5 aromatic rings. The van der Waals surface area contributed by atoms with E-state index in [2.05, 4.69) is 26.0 Å². The van der Waals surface area contributed by atoms with Crippen LogP contribution in [0.5, 0.6) is 0 Å². The van der Waals surface area contributed by atoms with E-state index < -0.39 is 0 Å². The van der Waals surface area contributed by atoms with Crippen molar-refractivity contribution < 1.29 is 9.21 Å². The van der Waals surface area contributed by atoms with Crippen LogP contribution < -0.4 is 5.32 Å². The van der Waals surface area contributed by atoms with E-state index in [4.69, 9.17) is 9.40 Å². The summed E-state index contributed by atoms with van der Waals surface area (Å²) in [5, 5.41) is 4.59. The minimum absolute atomic E-state index is 0.285. The number of hydrogen-bond acceptors (Lipinski definition) is 6. The lowest BCUT2D eigenvalue weighted by atomic mass is 10.1. The van der Waals surface area contributed by atoms with Gasteiger partial charge in [-0.2, -0.15) is 0 Å². The first-order valence-electron chi connectivity index (χ1n) is 11.6. The Labute approximate surface area is 206 Å². The lowest BCUT2D eigenvalue weighted by Crippen LogP contribution is -2.12. The quantitative estimate of drug-likeness (QED) is 0.238. The summed E-state index contributed by atoms with van der Waals surface area (Å²) in [5.74, 6) is 1.67. The Morgan fingerprint density at radius 3 is 2.83 bits per heavy atom. The van der Waals surface area contributed by atoms with Crippen molar-refractivity contribution in [3.05, 3.63) is 90.3 Å². The number of rotatable bonds is 6. The van der Waals surface area contributed by atoms with Crippen molar-refractivity contribution in [2.45, 2.75) is 36.7 Å². The van der Waals surface area contributed by atoms with Gasteiger partial charge in [-0.15, -0.1) is 0 Å². The molecular weight excluding hydrogens is 458 g/mol. The summed E-state index contributed by atoms with van der Waals surface area (Å²) in [6.07, 6.45) is 8.90. The van der Waals surface area contributed by atoms with E-state index in [1.807, 2.05) is 48.5 Å². The van der Waals surface area contributed by atoms with Crippen molar-refractivity contribution in [3.63, 3.8) is 0 Å². The largest absolute Gasteiger partial charge is 0.451 e. The number of anilines is 1.